The molecule has 0 bridgehead atoms. The summed E-state index contributed by atoms with van der Waals surface area (Å²) in [6.45, 7) is 10.3. The first-order valence-corrected chi connectivity index (χ1v) is 8.99. The van der Waals surface area contributed by atoms with Gasteiger partial charge < -0.3 is 5.32 Å². The lowest BCUT2D eigenvalue weighted by atomic mass is 10.1. The van der Waals surface area contributed by atoms with Crippen molar-refractivity contribution in [2.24, 2.45) is 0 Å². The molecule has 0 spiro atoms. The number of aromatic amines is 1. The lowest BCUT2D eigenvalue weighted by Crippen LogP contribution is -2.22. The summed E-state index contributed by atoms with van der Waals surface area (Å²) in [4.78, 5) is 12.2. The van der Waals surface area contributed by atoms with Crippen LogP contribution < -0.4 is 5.32 Å². The molecule has 0 aliphatic rings. The average Bonchev–Trinajstić information content (AvgIpc) is 3.04. The number of carbonyl (C=O) groups excluding carboxylic acids is 1. The van der Waals surface area contributed by atoms with E-state index in [0.29, 0.717) is 17.1 Å². The Balaban J connectivity index is 0.000000730. The summed E-state index contributed by atoms with van der Waals surface area (Å²) in [5.41, 5.74) is 3.31. The molecule has 0 aliphatic carbocycles. The normalized spacial score (nSPS) is 9.52. The molecule has 0 saturated heterocycles. The van der Waals surface area contributed by atoms with Crippen LogP contribution in [0.2, 0.25) is 5.02 Å². The van der Waals surface area contributed by atoms with E-state index in [2.05, 4.69) is 15.5 Å². The molecule has 3 aromatic rings. The van der Waals surface area contributed by atoms with E-state index in [0.717, 1.165) is 22.2 Å². The van der Waals surface area contributed by atoms with Crippen LogP contribution in [0.1, 0.15) is 49.3 Å². The van der Waals surface area contributed by atoms with Crippen LogP contribution >= 0.6 is 11.6 Å². The second-order valence-electron chi connectivity index (χ2n) is 4.85. The number of nitrogens with one attached hydrogen (secondary N) is 2. The zero-order valence-electron chi connectivity index (χ0n) is 15.5. The summed E-state index contributed by atoms with van der Waals surface area (Å²) in [5, 5.41) is 11.5. The number of rotatable bonds is 3. The number of halogens is 1. The summed E-state index contributed by atoms with van der Waals surface area (Å²) in [7, 11) is 0. The highest BCUT2D eigenvalue weighted by Gasteiger charge is 2.09. The van der Waals surface area contributed by atoms with Crippen molar-refractivity contribution in [2.45, 2.75) is 41.2 Å². The Kier molecular flexibility index (Phi) is 8.71. The van der Waals surface area contributed by atoms with Crippen molar-refractivity contribution in [3.63, 3.8) is 0 Å². The largest absolute Gasteiger partial charge is 0.348 e. The number of amides is 1. The smallest absolute Gasteiger partial charge is 0.251 e. The van der Waals surface area contributed by atoms with Gasteiger partial charge in [0.05, 0.1) is 5.52 Å². The van der Waals surface area contributed by atoms with Gasteiger partial charge in [0.25, 0.3) is 5.91 Å². The van der Waals surface area contributed by atoms with E-state index >= 15 is 0 Å². The monoisotopic (exact) mass is 359 g/mol. The number of H-pyrrole nitrogens is 1. The number of aromatic nitrogens is 2. The molecular weight excluding hydrogens is 334 g/mol. The third-order valence-electron chi connectivity index (χ3n) is 3.40. The van der Waals surface area contributed by atoms with E-state index in [1.807, 2.05) is 71.0 Å². The Bertz CT molecular complexity index is 812. The van der Waals surface area contributed by atoms with Crippen LogP contribution in [0.15, 0.2) is 42.5 Å². The van der Waals surface area contributed by atoms with Gasteiger partial charge in [-0.05, 0) is 36.8 Å². The predicted molar refractivity (Wildman–Crippen MR) is 106 cm³/mol. The van der Waals surface area contributed by atoms with Crippen LogP contribution in [0.25, 0.3) is 10.9 Å². The molecule has 0 atom stereocenters. The quantitative estimate of drug-likeness (QED) is 0.648. The summed E-state index contributed by atoms with van der Waals surface area (Å²) in [6, 6.07) is 12.9. The molecule has 0 aliphatic heterocycles. The fourth-order valence-corrected chi connectivity index (χ4v) is 2.40. The number of hydrogen-bond acceptors (Lipinski definition) is 2. The number of fused-ring (bicyclic) bond motifs is 1. The van der Waals surface area contributed by atoms with Crippen molar-refractivity contribution in [1.29, 1.82) is 0 Å². The first kappa shape index (κ1) is 20.7. The van der Waals surface area contributed by atoms with Gasteiger partial charge in [0.2, 0.25) is 0 Å². The third kappa shape index (κ3) is 5.33. The van der Waals surface area contributed by atoms with E-state index in [1.165, 1.54) is 0 Å². The zero-order chi connectivity index (χ0) is 18.8. The molecule has 5 heteroatoms. The fourth-order valence-electron chi connectivity index (χ4n) is 2.20. The molecule has 4 nitrogen and oxygen atoms in total. The van der Waals surface area contributed by atoms with Crippen LogP contribution in [-0.2, 0) is 6.54 Å². The number of aryl methyl sites for hydroxylation is 1. The molecule has 1 amide bonds. The van der Waals surface area contributed by atoms with Crippen LogP contribution in [0.3, 0.4) is 0 Å². The molecule has 3 rings (SSSR count). The van der Waals surface area contributed by atoms with Crippen molar-refractivity contribution >= 4 is 28.4 Å². The van der Waals surface area contributed by atoms with E-state index in [9.17, 15) is 4.79 Å². The Labute approximate surface area is 154 Å². The van der Waals surface area contributed by atoms with Crippen molar-refractivity contribution in [3.05, 3.63) is 64.3 Å². The molecule has 0 unspecified atom stereocenters. The van der Waals surface area contributed by atoms with Crippen LogP contribution in [0, 0.1) is 6.92 Å². The molecular formula is C20H26ClN3O. The molecule has 1 aromatic heterocycles. The van der Waals surface area contributed by atoms with E-state index in [-0.39, 0.29) is 5.91 Å². The van der Waals surface area contributed by atoms with Gasteiger partial charge >= 0.3 is 0 Å². The summed E-state index contributed by atoms with van der Waals surface area (Å²) in [5.74, 6) is -0.127. The Morgan fingerprint density at radius 3 is 2.48 bits per heavy atom. The van der Waals surface area contributed by atoms with Crippen LogP contribution in [-0.4, -0.2) is 16.1 Å². The predicted octanol–water partition coefficient (Wildman–Crippen LogP) is 5.51. The zero-order valence-corrected chi connectivity index (χ0v) is 16.2. The van der Waals surface area contributed by atoms with Gasteiger partial charge in [-0.25, -0.2) is 0 Å². The molecule has 0 fully saturated rings. The lowest BCUT2D eigenvalue weighted by Gasteiger charge is -2.07. The minimum absolute atomic E-state index is 0.127. The summed E-state index contributed by atoms with van der Waals surface area (Å²) in [6.07, 6.45) is 0. The van der Waals surface area contributed by atoms with Gasteiger partial charge in [0.1, 0.15) is 0 Å². The van der Waals surface area contributed by atoms with Gasteiger partial charge in [-0.3, -0.25) is 9.89 Å². The minimum atomic E-state index is -0.127. The highest BCUT2D eigenvalue weighted by Crippen LogP contribution is 2.18. The molecule has 0 saturated carbocycles. The van der Waals surface area contributed by atoms with E-state index < -0.39 is 0 Å². The first-order chi connectivity index (χ1) is 12.1. The van der Waals surface area contributed by atoms with E-state index in [1.54, 1.807) is 6.07 Å². The third-order valence-corrected chi connectivity index (χ3v) is 3.77. The average molecular weight is 360 g/mol. The van der Waals surface area contributed by atoms with Crippen molar-refractivity contribution in [3.8, 4) is 0 Å². The standard InChI is InChI=1S/C16H14ClN3O.2C2H6/c1-10-13-8-11(6-7-15(13)20-19-10)16(21)18-9-12-4-2-3-5-14(12)17;2*1-2/h2-8H,9H2,1H3,(H,18,21)(H,19,20);2*1-2H3. The molecule has 2 aromatic carbocycles. The maximum Gasteiger partial charge on any atom is 0.251 e. The van der Waals surface area contributed by atoms with Gasteiger partial charge in [-0.1, -0.05) is 57.5 Å². The van der Waals surface area contributed by atoms with Crippen molar-refractivity contribution in [1.82, 2.24) is 15.5 Å². The molecule has 25 heavy (non-hydrogen) atoms. The summed E-state index contributed by atoms with van der Waals surface area (Å²) >= 11 is 6.07. The number of benzene rings is 2. The number of carbonyl (C=O) groups is 1. The van der Waals surface area contributed by atoms with Gasteiger partial charge in [0.15, 0.2) is 0 Å². The number of hydrogen-bond donors (Lipinski definition) is 2. The Morgan fingerprint density at radius 2 is 1.80 bits per heavy atom. The topological polar surface area (TPSA) is 57.8 Å². The van der Waals surface area contributed by atoms with Gasteiger partial charge in [-0.15, -0.1) is 0 Å². The Morgan fingerprint density at radius 1 is 1.12 bits per heavy atom. The Hall–Kier alpha value is -2.33. The maximum absolute atomic E-state index is 12.2. The van der Waals surface area contributed by atoms with Gasteiger partial charge in [-0.2, -0.15) is 5.10 Å². The second kappa shape index (κ2) is 10.5. The van der Waals surface area contributed by atoms with Crippen molar-refractivity contribution < 1.29 is 4.79 Å². The maximum atomic E-state index is 12.2. The second-order valence-corrected chi connectivity index (χ2v) is 5.26. The van der Waals surface area contributed by atoms with Gasteiger partial charge in [0, 0.05) is 28.2 Å². The first-order valence-electron chi connectivity index (χ1n) is 8.61. The number of nitrogens with zero attached hydrogens (tertiary/aromatic N) is 1. The lowest BCUT2D eigenvalue weighted by molar-refractivity contribution is 0.0951. The highest BCUT2D eigenvalue weighted by atomic mass is 35.5. The highest BCUT2D eigenvalue weighted by molar-refractivity contribution is 6.31. The SMILES string of the molecule is CC.CC.Cc1[nH]nc2ccc(C(=O)NCc3ccccc3Cl)cc12. The molecule has 0 radical (unpaired) electrons. The summed E-state index contributed by atoms with van der Waals surface area (Å²) < 4.78 is 0. The van der Waals surface area contributed by atoms with E-state index in [4.69, 9.17) is 11.6 Å². The molecule has 1 heterocycles. The fraction of sp³-hybridized carbons (Fsp3) is 0.300. The molecule has 134 valence electrons. The van der Waals surface area contributed by atoms with Crippen molar-refractivity contribution in [2.75, 3.05) is 0 Å². The van der Waals surface area contributed by atoms with Crippen LogP contribution in [0.5, 0.6) is 0 Å². The minimum Gasteiger partial charge on any atom is -0.348 e. The van der Waals surface area contributed by atoms with Crippen LogP contribution in [0.4, 0.5) is 0 Å². The molecule has 2 N–H and O–H groups in total.